The van der Waals surface area contributed by atoms with Gasteiger partial charge in [-0.15, -0.1) is 0 Å². The summed E-state index contributed by atoms with van der Waals surface area (Å²) in [6.07, 6.45) is 4.56. The third kappa shape index (κ3) is 4.70. The van der Waals surface area contributed by atoms with Crippen LogP contribution in [0.2, 0.25) is 0 Å². The van der Waals surface area contributed by atoms with Gasteiger partial charge in [0.25, 0.3) is 0 Å². The summed E-state index contributed by atoms with van der Waals surface area (Å²) >= 11 is 0. The molecule has 1 aliphatic heterocycles. The van der Waals surface area contributed by atoms with E-state index in [2.05, 4.69) is 37.8 Å². The first-order chi connectivity index (χ1) is 12.6. The van der Waals surface area contributed by atoms with Gasteiger partial charge in [-0.1, -0.05) is 17.9 Å². The lowest BCUT2D eigenvalue weighted by Gasteiger charge is -2.22. The fourth-order valence-corrected chi connectivity index (χ4v) is 2.46. The van der Waals surface area contributed by atoms with Crippen molar-refractivity contribution in [2.45, 2.75) is 18.9 Å². The number of nitrogens with zero attached hydrogens (tertiary/aromatic N) is 2. The molecule has 2 heterocycles. The Morgan fingerprint density at radius 3 is 2.77 bits per heavy atom. The first kappa shape index (κ1) is 17.2. The molecule has 5 N–H and O–H groups in total. The van der Waals surface area contributed by atoms with Crippen LogP contribution in [-0.4, -0.2) is 34.5 Å². The van der Waals surface area contributed by atoms with Gasteiger partial charge in [-0.3, -0.25) is 4.79 Å². The smallest absolute Gasteiger partial charge is 0.319 e. The van der Waals surface area contributed by atoms with E-state index in [4.69, 9.17) is 5.73 Å². The molecule has 3 amide bonds. The van der Waals surface area contributed by atoms with Crippen molar-refractivity contribution < 1.29 is 9.59 Å². The number of urea groups is 1. The molecule has 8 nitrogen and oxygen atoms in total. The largest absolute Gasteiger partial charge is 0.368 e. The average molecular weight is 350 g/mol. The van der Waals surface area contributed by atoms with E-state index in [1.807, 2.05) is 6.07 Å². The number of benzene rings is 1. The van der Waals surface area contributed by atoms with Crippen LogP contribution in [0.3, 0.4) is 0 Å². The zero-order valence-electron chi connectivity index (χ0n) is 14.0. The summed E-state index contributed by atoms with van der Waals surface area (Å²) in [4.78, 5) is 31.5. The molecule has 0 radical (unpaired) electrons. The quantitative estimate of drug-likeness (QED) is 0.598. The van der Waals surface area contributed by atoms with Crippen molar-refractivity contribution >= 4 is 23.6 Å². The van der Waals surface area contributed by atoms with Crippen molar-refractivity contribution in [3.63, 3.8) is 0 Å². The molecule has 8 heteroatoms. The monoisotopic (exact) mass is 350 g/mol. The van der Waals surface area contributed by atoms with E-state index in [0.29, 0.717) is 24.2 Å². The second-order valence-electron chi connectivity index (χ2n) is 5.75. The third-order valence-electron chi connectivity index (χ3n) is 3.73. The number of amides is 3. The van der Waals surface area contributed by atoms with Gasteiger partial charge in [-0.25, -0.2) is 14.8 Å². The maximum absolute atomic E-state index is 12.1. The molecule has 0 saturated carbocycles. The number of nitrogen functional groups attached to an aromatic ring is 1. The number of carbonyl (C=O) groups is 2. The number of hydrogen-bond acceptors (Lipinski definition) is 5. The zero-order valence-corrected chi connectivity index (χ0v) is 14.0. The van der Waals surface area contributed by atoms with Crippen molar-refractivity contribution in [1.82, 2.24) is 20.6 Å². The highest BCUT2D eigenvalue weighted by Gasteiger charge is 2.23. The van der Waals surface area contributed by atoms with Gasteiger partial charge in [-0.2, -0.15) is 0 Å². The van der Waals surface area contributed by atoms with Gasteiger partial charge in [0.15, 0.2) is 0 Å². The Morgan fingerprint density at radius 2 is 2.00 bits per heavy atom. The van der Waals surface area contributed by atoms with E-state index in [9.17, 15) is 9.59 Å². The number of nitrogens with two attached hydrogens (primary N) is 1. The lowest BCUT2D eigenvalue weighted by atomic mass is 10.1. The minimum absolute atomic E-state index is 0.156. The van der Waals surface area contributed by atoms with Crippen LogP contribution in [0.5, 0.6) is 0 Å². The van der Waals surface area contributed by atoms with Gasteiger partial charge in [-0.05, 0) is 31.0 Å². The normalized spacial score (nSPS) is 16.0. The van der Waals surface area contributed by atoms with E-state index < -0.39 is 12.1 Å². The molecule has 1 aromatic carbocycles. The fraction of sp³-hybridized carbons (Fsp3) is 0.222. The van der Waals surface area contributed by atoms with Crippen molar-refractivity contribution in [2.75, 3.05) is 17.6 Å². The van der Waals surface area contributed by atoms with E-state index >= 15 is 0 Å². The molecule has 1 unspecified atom stereocenters. The van der Waals surface area contributed by atoms with E-state index in [1.54, 1.807) is 30.6 Å². The van der Waals surface area contributed by atoms with Crippen LogP contribution in [0.4, 0.5) is 16.4 Å². The summed E-state index contributed by atoms with van der Waals surface area (Å²) in [6, 6.07) is 6.17. The highest BCUT2D eigenvalue weighted by molar-refractivity contribution is 5.94. The van der Waals surface area contributed by atoms with Crippen LogP contribution in [0.25, 0.3) is 0 Å². The highest BCUT2D eigenvalue weighted by atomic mass is 16.2. The average Bonchev–Trinajstić information content (AvgIpc) is 2.63. The molecule has 132 valence electrons. The Hall–Kier alpha value is -3.60. The van der Waals surface area contributed by atoms with E-state index in [1.165, 1.54) is 0 Å². The summed E-state index contributed by atoms with van der Waals surface area (Å²) < 4.78 is 0. The number of piperidine rings is 1. The standard InChI is InChI=1S/C18H18N6O2/c19-17-21-10-13(11-22-17)7-6-12-3-1-4-14(9-12)23-18(26)24-15-5-2-8-20-16(15)25/h1,3-4,9-11,15H,2,5,8H2,(H,20,25)(H2,19,21,22)(H2,23,24,26). The topological polar surface area (TPSA) is 122 Å². The van der Waals surface area contributed by atoms with Crippen LogP contribution in [0.15, 0.2) is 36.7 Å². The SMILES string of the molecule is Nc1ncc(C#Cc2cccc(NC(=O)NC3CCCNC3=O)c2)cn1. The van der Waals surface area contributed by atoms with Gasteiger partial charge in [0.05, 0.1) is 5.56 Å². The highest BCUT2D eigenvalue weighted by Crippen LogP contribution is 2.10. The number of nitrogens with one attached hydrogen (secondary N) is 3. The number of rotatable bonds is 2. The summed E-state index contributed by atoms with van der Waals surface area (Å²) in [7, 11) is 0. The minimum Gasteiger partial charge on any atom is -0.368 e. The summed E-state index contributed by atoms with van der Waals surface area (Å²) in [5.74, 6) is 5.94. The van der Waals surface area contributed by atoms with Crippen molar-refractivity contribution in [2.24, 2.45) is 0 Å². The Labute approximate surface area is 150 Å². The van der Waals surface area contributed by atoms with Gasteiger partial charge < -0.3 is 21.7 Å². The lowest BCUT2D eigenvalue weighted by molar-refractivity contribution is -0.124. The third-order valence-corrected chi connectivity index (χ3v) is 3.73. The van der Waals surface area contributed by atoms with Gasteiger partial charge in [0.2, 0.25) is 11.9 Å². The van der Waals surface area contributed by atoms with Gasteiger partial charge in [0.1, 0.15) is 6.04 Å². The molecular weight excluding hydrogens is 332 g/mol. The summed E-state index contributed by atoms with van der Waals surface area (Å²) in [5, 5.41) is 8.12. The predicted molar refractivity (Wildman–Crippen MR) is 97.1 cm³/mol. The first-order valence-electron chi connectivity index (χ1n) is 8.15. The van der Waals surface area contributed by atoms with Crippen molar-refractivity contribution in [3.8, 4) is 11.8 Å². The first-order valence-corrected chi connectivity index (χ1v) is 8.15. The molecule has 2 aromatic rings. The second-order valence-corrected chi connectivity index (χ2v) is 5.75. The van der Waals surface area contributed by atoms with Gasteiger partial charge in [0, 0.05) is 30.2 Å². The van der Waals surface area contributed by atoms with Gasteiger partial charge >= 0.3 is 6.03 Å². The van der Waals surface area contributed by atoms with Crippen molar-refractivity contribution in [3.05, 3.63) is 47.8 Å². The molecule has 1 atom stereocenters. The maximum Gasteiger partial charge on any atom is 0.319 e. The molecule has 0 aliphatic carbocycles. The number of anilines is 2. The van der Waals surface area contributed by atoms with Crippen LogP contribution in [-0.2, 0) is 4.79 Å². The van der Waals surface area contributed by atoms with Crippen LogP contribution < -0.4 is 21.7 Å². The second kappa shape index (κ2) is 7.98. The van der Waals surface area contributed by atoms with Crippen LogP contribution in [0.1, 0.15) is 24.0 Å². The molecule has 0 bridgehead atoms. The molecule has 0 spiro atoms. The zero-order chi connectivity index (χ0) is 18.4. The Balaban J connectivity index is 1.63. The predicted octanol–water partition coefficient (Wildman–Crippen LogP) is 0.859. The molecule has 1 aromatic heterocycles. The number of carbonyl (C=O) groups excluding carboxylic acids is 2. The Kier molecular flexibility index (Phi) is 5.29. The number of hydrogen-bond donors (Lipinski definition) is 4. The summed E-state index contributed by atoms with van der Waals surface area (Å²) in [6.45, 7) is 0.651. The fourth-order valence-electron chi connectivity index (χ4n) is 2.46. The van der Waals surface area contributed by atoms with Crippen molar-refractivity contribution in [1.29, 1.82) is 0 Å². The van der Waals surface area contributed by atoms with E-state index in [-0.39, 0.29) is 11.9 Å². The van der Waals surface area contributed by atoms with E-state index in [0.717, 1.165) is 12.0 Å². The molecule has 26 heavy (non-hydrogen) atoms. The molecule has 1 saturated heterocycles. The molecular formula is C18H18N6O2. The Bertz CT molecular complexity index is 869. The number of aromatic nitrogens is 2. The molecule has 1 fully saturated rings. The lowest BCUT2D eigenvalue weighted by Crippen LogP contribution is -2.51. The minimum atomic E-state index is -0.503. The Morgan fingerprint density at radius 1 is 1.23 bits per heavy atom. The van der Waals surface area contributed by atoms with Crippen LogP contribution >= 0.6 is 0 Å². The molecule has 1 aliphatic rings. The summed E-state index contributed by atoms with van der Waals surface area (Å²) in [5.41, 5.74) is 7.37. The molecule has 3 rings (SSSR count). The van der Waals surface area contributed by atoms with Crippen LogP contribution in [0, 0.1) is 11.8 Å². The maximum atomic E-state index is 12.1.